The van der Waals surface area contributed by atoms with Crippen LogP contribution in [0.3, 0.4) is 0 Å². The molecule has 0 saturated heterocycles. The Morgan fingerprint density at radius 3 is 2.23 bits per heavy atom. The lowest BCUT2D eigenvalue weighted by Gasteiger charge is -2.33. The lowest BCUT2D eigenvalue weighted by Crippen LogP contribution is -2.39. The molecule has 0 heterocycles. The zero-order valence-electron chi connectivity index (χ0n) is 18.5. The Morgan fingerprint density at radius 2 is 1.68 bits per heavy atom. The van der Waals surface area contributed by atoms with E-state index < -0.39 is 30.1 Å². The van der Waals surface area contributed by atoms with Crippen molar-refractivity contribution in [2.75, 3.05) is 12.9 Å². The number of benzene rings is 2. The van der Waals surface area contributed by atoms with Crippen molar-refractivity contribution in [2.45, 2.75) is 38.3 Å². The van der Waals surface area contributed by atoms with Crippen LogP contribution in [0.1, 0.15) is 17.2 Å². The smallest absolute Gasteiger partial charge is 0.335 e. The predicted molar refractivity (Wildman–Crippen MR) is 132 cm³/mol. The molecular formula is C23H30BrNO4SSi. The Balaban J connectivity index is 2.62. The van der Waals surface area contributed by atoms with Crippen LogP contribution in [0.25, 0.3) is 0 Å². The molecule has 1 unspecified atom stereocenters. The Bertz CT molecular complexity index is 1020. The van der Waals surface area contributed by atoms with E-state index in [1.807, 2.05) is 42.5 Å². The number of carbonyl (C=O) groups is 1. The maximum Gasteiger partial charge on any atom is 0.335 e. The molecule has 5 nitrogen and oxygen atoms in total. The molecule has 0 aliphatic rings. The summed E-state index contributed by atoms with van der Waals surface area (Å²) in [5, 5.41) is 0. The first-order chi connectivity index (χ1) is 14.5. The van der Waals surface area contributed by atoms with Crippen LogP contribution in [0.4, 0.5) is 0 Å². The van der Waals surface area contributed by atoms with E-state index in [0.29, 0.717) is 11.6 Å². The first-order valence-corrected chi connectivity index (χ1v) is 16.1. The molecule has 2 rings (SSSR count). The summed E-state index contributed by atoms with van der Waals surface area (Å²) in [6.07, 6.45) is 0. The Morgan fingerprint density at radius 1 is 1.10 bits per heavy atom. The second-order valence-corrected chi connectivity index (χ2v) is 17.1. The highest BCUT2D eigenvalue weighted by molar-refractivity contribution is 9.10. The molecule has 2 aromatic rings. The zero-order valence-corrected chi connectivity index (χ0v) is 21.9. The second kappa shape index (κ2) is 10.7. The summed E-state index contributed by atoms with van der Waals surface area (Å²) in [5.41, 5.74) is 1.55. The largest absolute Gasteiger partial charge is 0.466 e. The van der Waals surface area contributed by atoms with Crippen LogP contribution in [0.5, 0.6) is 0 Å². The van der Waals surface area contributed by atoms with Crippen molar-refractivity contribution in [1.29, 1.82) is 0 Å². The number of esters is 1. The third-order valence-electron chi connectivity index (χ3n) is 4.93. The van der Waals surface area contributed by atoms with Gasteiger partial charge in [0.2, 0.25) is 10.0 Å². The van der Waals surface area contributed by atoms with E-state index in [1.165, 1.54) is 11.4 Å². The van der Waals surface area contributed by atoms with E-state index >= 15 is 0 Å². The molecular weight excluding hydrogens is 494 g/mol. The van der Waals surface area contributed by atoms with E-state index in [-0.39, 0.29) is 17.9 Å². The predicted octanol–water partition coefficient (Wildman–Crippen LogP) is 5.39. The van der Waals surface area contributed by atoms with Gasteiger partial charge < -0.3 is 4.74 Å². The quantitative estimate of drug-likeness (QED) is 0.238. The van der Waals surface area contributed by atoms with Gasteiger partial charge in [-0.2, -0.15) is 4.31 Å². The Labute approximate surface area is 195 Å². The van der Waals surface area contributed by atoms with Crippen molar-refractivity contribution in [3.63, 3.8) is 0 Å². The average molecular weight is 525 g/mol. The van der Waals surface area contributed by atoms with Gasteiger partial charge in [-0.25, -0.2) is 13.2 Å². The lowest BCUT2D eigenvalue weighted by molar-refractivity contribution is -0.136. The summed E-state index contributed by atoms with van der Waals surface area (Å²) in [7, 11) is -4.07. The summed E-state index contributed by atoms with van der Waals surface area (Å²) in [6.45, 7) is 10.5. The number of hydrogen-bond acceptors (Lipinski definition) is 4. The number of nitrogens with zero attached hydrogens (tertiary/aromatic N) is 1. The topological polar surface area (TPSA) is 63.7 Å². The van der Waals surface area contributed by atoms with Gasteiger partial charge in [0.15, 0.2) is 0 Å². The van der Waals surface area contributed by atoms with Gasteiger partial charge in [-0.05, 0) is 23.2 Å². The summed E-state index contributed by atoms with van der Waals surface area (Å²) >= 11 is 3.52. The SMILES string of the molecule is C=C(C(=O)OC)C(c1ccccc1)N(Cc1ccccc1Br)S(=O)(=O)CC[Si](C)(C)C. The van der Waals surface area contributed by atoms with Crippen LogP contribution in [0.15, 0.2) is 71.2 Å². The van der Waals surface area contributed by atoms with Crippen LogP contribution in [-0.2, 0) is 26.1 Å². The van der Waals surface area contributed by atoms with Crippen LogP contribution in [0.2, 0.25) is 25.7 Å². The summed E-state index contributed by atoms with van der Waals surface area (Å²) in [6, 6.07) is 16.3. The van der Waals surface area contributed by atoms with Crippen molar-refractivity contribution >= 4 is 40.0 Å². The molecule has 0 bridgehead atoms. The van der Waals surface area contributed by atoms with E-state index in [1.54, 1.807) is 12.1 Å². The number of sulfonamides is 1. The third-order valence-corrected chi connectivity index (χ3v) is 9.59. The van der Waals surface area contributed by atoms with E-state index in [4.69, 9.17) is 4.74 Å². The minimum Gasteiger partial charge on any atom is -0.466 e. The number of carbonyl (C=O) groups excluding carboxylic acids is 1. The summed E-state index contributed by atoms with van der Waals surface area (Å²) in [5.74, 6) is -0.614. The van der Waals surface area contributed by atoms with Crippen molar-refractivity contribution in [1.82, 2.24) is 4.31 Å². The fourth-order valence-electron chi connectivity index (χ4n) is 3.12. The maximum atomic E-state index is 13.7. The fourth-order valence-corrected chi connectivity index (χ4v) is 8.15. The molecule has 0 aliphatic carbocycles. The summed E-state index contributed by atoms with van der Waals surface area (Å²) in [4.78, 5) is 12.4. The fraction of sp³-hybridized carbons (Fsp3) is 0.348. The van der Waals surface area contributed by atoms with Crippen molar-refractivity contribution in [3.8, 4) is 0 Å². The Hall–Kier alpha value is -1.74. The second-order valence-electron chi connectivity index (χ2n) is 8.59. The van der Waals surface area contributed by atoms with Gasteiger partial charge in [-0.15, -0.1) is 0 Å². The van der Waals surface area contributed by atoms with Crippen LogP contribution in [0, 0.1) is 0 Å². The standard InChI is InChI=1S/C23H30BrNO4SSi/c1-18(23(26)29-2)22(19-11-7-6-8-12-19)25(17-20-13-9-10-14-21(20)24)30(27,28)15-16-31(3,4)5/h6-14,22H,1,15-17H2,2-5H3. The molecule has 0 radical (unpaired) electrons. The number of rotatable bonds is 10. The Kier molecular flexibility index (Phi) is 8.82. The monoisotopic (exact) mass is 523 g/mol. The molecule has 168 valence electrons. The van der Waals surface area contributed by atoms with Gasteiger partial charge in [-0.1, -0.05) is 90.7 Å². The molecule has 0 saturated carbocycles. The molecule has 0 N–H and O–H groups in total. The number of hydrogen-bond donors (Lipinski definition) is 0. The van der Waals surface area contributed by atoms with Crippen molar-refractivity contribution in [2.24, 2.45) is 0 Å². The first kappa shape index (κ1) is 25.5. The molecule has 0 amide bonds. The van der Waals surface area contributed by atoms with Gasteiger partial charge in [0, 0.05) is 19.1 Å². The molecule has 0 fully saturated rings. The highest BCUT2D eigenvalue weighted by Crippen LogP contribution is 2.34. The minimum absolute atomic E-state index is 0.0188. The third kappa shape index (κ3) is 7.13. The van der Waals surface area contributed by atoms with Gasteiger partial charge in [-0.3, -0.25) is 0 Å². The summed E-state index contributed by atoms with van der Waals surface area (Å²) < 4.78 is 34.4. The number of ether oxygens (including phenoxy) is 1. The molecule has 0 aliphatic heterocycles. The highest BCUT2D eigenvalue weighted by atomic mass is 79.9. The van der Waals surface area contributed by atoms with E-state index in [9.17, 15) is 13.2 Å². The molecule has 2 aromatic carbocycles. The van der Waals surface area contributed by atoms with Gasteiger partial charge >= 0.3 is 5.97 Å². The lowest BCUT2D eigenvalue weighted by atomic mass is 9.99. The van der Waals surface area contributed by atoms with E-state index in [0.717, 1.165) is 10.0 Å². The zero-order chi connectivity index (χ0) is 23.2. The molecule has 1 atom stereocenters. The normalized spacial score (nSPS) is 13.1. The van der Waals surface area contributed by atoms with Crippen molar-refractivity contribution < 1.29 is 17.9 Å². The number of methoxy groups -OCH3 is 1. The number of halogens is 1. The van der Waals surface area contributed by atoms with Crippen LogP contribution >= 0.6 is 15.9 Å². The van der Waals surface area contributed by atoms with Crippen LogP contribution in [-0.4, -0.2) is 39.6 Å². The first-order valence-electron chi connectivity index (χ1n) is 10.0. The molecule has 8 heteroatoms. The van der Waals surface area contributed by atoms with Crippen LogP contribution < -0.4 is 0 Å². The average Bonchev–Trinajstić information content (AvgIpc) is 2.72. The van der Waals surface area contributed by atoms with E-state index in [2.05, 4.69) is 42.1 Å². The minimum atomic E-state index is -3.73. The molecule has 31 heavy (non-hydrogen) atoms. The van der Waals surface area contributed by atoms with Gasteiger partial charge in [0.1, 0.15) is 0 Å². The highest BCUT2D eigenvalue weighted by Gasteiger charge is 2.36. The van der Waals surface area contributed by atoms with Crippen molar-refractivity contribution in [3.05, 3.63) is 82.3 Å². The maximum absolute atomic E-state index is 13.7. The van der Waals surface area contributed by atoms with Gasteiger partial charge in [0.25, 0.3) is 0 Å². The molecule has 0 spiro atoms. The van der Waals surface area contributed by atoms with Gasteiger partial charge in [0.05, 0.1) is 24.5 Å². The molecule has 0 aromatic heterocycles.